The Morgan fingerprint density at radius 2 is 2.06 bits per heavy atom. The summed E-state index contributed by atoms with van der Waals surface area (Å²) in [6.45, 7) is 9.58. The van der Waals surface area contributed by atoms with Gasteiger partial charge in [0.2, 0.25) is 5.91 Å². The van der Waals surface area contributed by atoms with Gasteiger partial charge in [-0.3, -0.25) is 4.79 Å². The Kier molecular flexibility index (Phi) is 4.28. The lowest BCUT2D eigenvalue weighted by Gasteiger charge is -2.40. The van der Waals surface area contributed by atoms with E-state index < -0.39 is 0 Å². The first kappa shape index (κ1) is 13.8. The summed E-state index contributed by atoms with van der Waals surface area (Å²) in [4.78, 5) is 14.9. The molecular weight excluding hydrogens is 228 g/mol. The van der Waals surface area contributed by atoms with E-state index in [1.165, 1.54) is 0 Å². The predicted octanol–water partition coefficient (Wildman–Crippen LogP) is 1.40. The molecular formula is C14H26N2O2. The van der Waals surface area contributed by atoms with Gasteiger partial charge in [-0.25, -0.2) is 0 Å². The molecule has 2 rings (SSSR count). The second-order valence-electron chi connectivity index (χ2n) is 5.92. The summed E-state index contributed by atoms with van der Waals surface area (Å²) in [6, 6.07) is 0. The molecule has 0 bridgehead atoms. The van der Waals surface area contributed by atoms with Gasteiger partial charge in [-0.2, -0.15) is 0 Å². The molecule has 4 nitrogen and oxygen atoms in total. The van der Waals surface area contributed by atoms with Crippen LogP contribution in [-0.4, -0.2) is 49.2 Å². The Bertz CT molecular complexity index is 290. The van der Waals surface area contributed by atoms with Crippen LogP contribution in [0.2, 0.25) is 0 Å². The molecule has 0 aliphatic carbocycles. The Morgan fingerprint density at radius 1 is 1.39 bits per heavy atom. The fourth-order valence-electron chi connectivity index (χ4n) is 3.40. The molecule has 3 unspecified atom stereocenters. The molecule has 4 heteroatoms. The first-order chi connectivity index (χ1) is 8.57. The van der Waals surface area contributed by atoms with Crippen molar-refractivity contribution in [2.75, 3.05) is 26.2 Å². The van der Waals surface area contributed by atoms with Gasteiger partial charge < -0.3 is 15.0 Å². The molecule has 0 radical (unpaired) electrons. The average Bonchev–Trinajstić information content (AvgIpc) is 2.77. The second kappa shape index (κ2) is 5.57. The lowest BCUT2D eigenvalue weighted by molar-refractivity contribution is -0.153. The van der Waals surface area contributed by atoms with Gasteiger partial charge in [-0.05, 0) is 33.2 Å². The quantitative estimate of drug-likeness (QED) is 0.828. The maximum atomic E-state index is 12.8. The number of hydrogen-bond acceptors (Lipinski definition) is 3. The lowest BCUT2D eigenvalue weighted by Crippen LogP contribution is -2.53. The van der Waals surface area contributed by atoms with Crippen molar-refractivity contribution < 1.29 is 9.53 Å². The van der Waals surface area contributed by atoms with E-state index in [2.05, 4.69) is 26.1 Å². The minimum Gasteiger partial charge on any atom is -0.372 e. The van der Waals surface area contributed by atoms with E-state index in [-0.39, 0.29) is 17.6 Å². The zero-order valence-corrected chi connectivity index (χ0v) is 11.9. The molecule has 18 heavy (non-hydrogen) atoms. The number of rotatable bonds is 3. The van der Waals surface area contributed by atoms with Crippen LogP contribution in [0.4, 0.5) is 0 Å². The highest BCUT2D eigenvalue weighted by Crippen LogP contribution is 2.34. The second-order valence-corrected chi connectivity index (χ2v) is 5.92. The fraction of sp³-hybridized carbons (Fsp3) is 0.929. The van der Waals surface area contributed by atoms with Gasteiger partial charge in [-0.15, -0.1) is 0 Å². The van der Waals surface area contributed by atoms with Crippen LogP contribution in [0.1, 0.15) is 40.0 Å². The normalized spacial score (nSPS) is 36.9. The first-order valence-electron chi connectivity index (χ1n) is 7.23. The third-order valence-electron chi connectivity index (χ3n) is 4.13. The van der Waals surface area contributed by atoms with E-state index in [0.717, 1.165) is 45.4 Å². The van der Waals surface area contributed by atoms with Crippen molar-refractivity contribution >= 4 is 5.91 Å². The Balaban J connectivity index is 2.08. The van der Waals surface area contributed by atoms with Crippen molar-refractivity contribution in [3.63, 3.8) is 0 Å². The smallest absolute Gasteiger partial charge is 0.230 e. The Hall–Kier alpha value is -0.610. The molecule has 3 atom stereocenters. The number of nitrogens with zero attached hydrogens (tertiary/aromatic N) is 1. The minimum atomic E-state index is -0.147. The minimum absolute atomic E-state index is 0.147. The highest BCUT2D eigenvalue weighted by molar-refractivity contribution is 5.83. The van der Waals surface area contributed by atoms with Gasteiger partial charge in [0.05, 0.1) is 17.6 Å². The summed E-state index contributed by atoms with van der Waals surface area (Å²) in [5.41, 5.74) is -0.147. The SMILES string of the molecule is CCCC1(C(=O)N2CC(C)OC(C)C2)CCNC1. The van der Waals surface area contributed by atoms with E-state index in [0.29, 0.717) is 5.91 Å². The predicted molar refractivity (Wildman–Crippen MR) is 71.4 cm³/mol. The molecule has 2 heterocycles. The summed E-state index contributed by atoms with van der Waals surface area (Å²) in [5, 5.41) is 3.36. The third-order valence-corrected chi connectivity index (χ3v) is 4.13. The topological polar surface area (TPSA) is 41.6 Å². The van der Waals surface area contributed by atoms with Crippen LogP contribution < -0.4 is 5.32 Å². The number of ether oxygens (including phenoxy) is 1. The summed E-state index contributed by atoms with van der Waals surface area (Å²) < 4.78 is 5.71. The standard InChI is InChI=1S/C14H26N2O2/c1-4-5-14(6-7-15-10-14)13(17)16-8-11(2)18-12(3)9-16/h11-12,15H,4-10H2,1-3H3. The average molecular weight is 254 g/mol. The summed E-state index contributed by atoms with van der Waals surface area (Å²) in [6.07, 6.45) is 3.37. The van der Waals surface area contributed by atoms with E-state index >= 15 is 0 Å². The molecule has 1 amide bonds. The number of morpholine rings is 1. The van der Waals surface area contributed by atoms with Gasteiger partial charge in [0.15, 0.2) is 0 Å². The van der Waals surface area contributed by atoms with Crippen molar-refractivity contribution in [3.05, 3.63) is 0 Å². The molecule has 2 saturated heterocycles. The van der Waals surface area contributed by atoms with E-state index in [9.17, 15) is 4.79 Å². The highest BCUT2D eigenvalue weighted by Gasteiger charge is 2.44. The maximum absolute atomic E-state index is 12.8. The molecule has 2 aliphatic rings. The molecule has 2 fully saturated rings. The summed E-state index contributed by atoms with van der Waals surface area (Å²) in [7, 11) is 0. The number of hydrogen-bond donors (Lipinski definition) is 1. The van der Waals surface area contributed by atoms with Gasteiger partial charge in [0.1, 0.15) is 0 Å². The zero-order valence-electron chi connectivity index (χ0n) is 11.9. The molecule has 0 saturated carbocycles. The van der Waals surface area contributed by atoms with Crippen molar-refractivity contribution in [2.24, 2.45) is 5.41 Å². The van der Waals surface area contributed by atoms with Crippen LogP contribution in [-0.2, 0) is 9.53 Å². The van der Waals surface area contributed by atoms with Crippen molar-refractivity contribution in [3.8, 4) is 0 Å². The molecule has 0 aromatic rings. The fourth-order valence-corrected chi connectivity index (χ4v) is 3.40. The molecule has 2 aliphatic heterocycles. The molecule has 0 aromatic heterocycles. The van der Waals surface area contributed by atoms with Crippen LogP contribution in [0.3, 0.4) is 0 Å². The monoisotopic (exact) mass is 254 g/mol. The molecule has 0 spiro atoms. The number of amides is 1. The van der Waals surface area contributed by atoms with Crippen LogP contribution >= 0.6 is 0 Å². The Morgan fingerprint density at radius 3 is 2.56 bits per heavy atom. The van der Waals surface area contributed by atoms with E-state index in [4.69, 9.17) is 4.74 Å². The highest BCUT2D eigenvalue weighted by atomic mass is 16.5. The number of carbonyl (C=O) groups is 1. The van der Waals surface area contributed by atoms with Crippen molar-refractivity contribution in [1.82, 2.24) is 10.2 Å². The third kappa shape index (κ3) is 2.69. The van der Waals surface area contributed by atoms with Crippen LogP contribution in [0.25, 0.3) is 0 Å². The van der Waals surface area contributed by atoms with Gasteiger partial charge in [-0.1, -0.05) is 13.3 Å². The summed E-state index contributed by atoms with van der Waals surface area (Å²) >= 11 is 0. The van der Waals surface area contributed by atoms with Crippen LogP contribution in [0, 0.1) is 5.41 Å². The number of carbonyl (C=O) groups excluding carboxylic acids is 1. The number of nitrogens with one attached hydrogen (secondary N) is 1. The van der Waals surface area contributed by atoms with Crippen LogP contribution in [0.15, 0.2) is 0 Å². The largest absolute Gasteiger partial charge is 0.372 e. The first-order valence-corrected chi connectivity index (χ1v) is 7.23. The molecule has 104 valence electrons. The Labute approximate surface area is 110 Å². The van der Waals surface area contributed by atoms with Gasteiger partial charge >= 0.3 is 0 Å². The lowest BCUT2D eigenvalue weighted by atomic mass is 9.80. The van der Waals surface area contributed by atoms with E-state index in [1.807, 2.05) is 4.90 Å². The molecule has 0 aromatic carbocycles. The van der Waals surface area contributed by atoms with Crippen molar-refractivity contribution in [1.29, 1.82) is 0 Å². The zero-order chi connectivity index (χ0) is 13.2. The van der Waals surface area contributed by atoms with Gasteiger partial charge in [0.25, 0.3) is 0 Å². The van der Waals surface area contributed by atoms with Gasteiger partial charge in [0, 0.05) is 19.6 Å². The van der Waals surface area contributed by atoms with Crippen molar-refractivity contribution in [2.45, 2.75) is 52.2 Å². The molecule has 1 N–H and O–H groups in total. The summed E-state index contributed by atoms with van der Waals surface area (Å²) in [5.74, 6) is 0.344. The van der Waals surface area contributed by atoms with E-state index in [1.54, 1.807) is 0 Å². The van der Waals surface area contributed by atoms with Crippen LogP contribution in [0.5, 0.6) is 0 Å². The maximum Gasteiger partial charge on any atom is 0.230 e.